The van der Waals surface area contributed by atoms with Crippen molar-refractivity contribution in [1.29, 1.82) is 0 Å². The summed E-state index contributed by atoms with van der Waals surface area (Å²) in [6.07, 6.45) is 6.44. The van der Waals surface area contributed by atoms with Gasteiger partial charge in [0.05, 0.1) is 6.04 Å². The fourth-order valence-corrected chi connectivity index (χ4v) is 4.46. The van der Waals surface area contributed by atoms with E-state index < -0.39 is 5.60 Å². The van der Waals surface area contributed by atoms with Crippen molar-refractivity contribution in [2.75, 3.05) is 39.3 Å². The Morgan fingerprint density at radius 2 is 1.83 bits per heavy atom. The van der Waals surface area contributed by atoms with Gasteiger partial charge in [0.2, 0.25) is 0 Å². The Bertz CT molecular complexity index is 420. The third-order valence-electron chi connectivity index (χ3n) is 5.69. The lowest BCUT2D eigenvalue weighted by atomic mass is 9.62. The lowest BCUT2D eigenvalue weighted by Gasteiger charge is -2.60. The summed E-state index contributed by atoms with van der Waals surface area (Å²) in [5, 5.41) is 3.41. The smallest absolute Gasteiger partial charge is 0.410 e. The van der Waals surface area contributed by atoms with Crippen LogP contribution in [0.15, 0.2) is 0 Å². The SMILES string of the molecule is CC(C)(C)OC(=O)N1CC2(CCCCC2)C1CN1CCNCC1. The predicted molar refractivity (Wildman–Crippen MR) is 91.6 cm³/mol. The third kappa shape index (κ3) is 3.82. The van der Waals surface area contributed by atoms with E-state index in [0.29, 0.717) is 11.5 Å². The summed E-state index contributed by atoms with van der Waals surface area (Å²) in [5.41, 5.74) is -0.0496. The van der Waals surface area contributed by atoms with Gasteiger partial charge in [-0.2, -0.15) is 0 Å². The first-order valence-corrected chi connectivity index (χ1v) is 9.32. The molecule has 1 unspecified atom stereocenters. The van der Waals surface area contributed by atoms with Crippen LogP contribution in [-0.4, -0.2) is 66.8 Å². The average Bonchev–Trinajstić information content (AvgIpc) is 2.51. The van der Waals surface area contributed by atoms with Crippen LogP contribution in [0.2, 0.25) is 0 Å². The van der Waals surface area contributed by atoms with Crippen LogP contribution < -0.4 is 5.32 Å². The Labute approximate surface area is 140 Å². The van der Waals surface area contributed by atoms with E-state index in [2.05, 4.69) is 10.2 Å². The van der Waals surface area contributed by atoms with Gasteiger partial charge in [-0.05, 0) is 33.6 Å². The quantitative estimate of drug-likeness (QED) is 0.848. The number of rotatable bonds is 2. The molecular weight excluding hydrogens is 290 g/mol. The zero-order valence-electron chi connectivity index (χ0n) is 15.1. The summed E-state index contributed by atoms with van der Waals surface area (Å²) in [6.45, 7) is 12.1. The van der Waals surface area contributed by atoms with E-state index in [1.165, 1.54) is 32.1 Å². The Kier molecular flexibility index (Phi) is 4.88. The van der Waals surface area contributed by atoms with Gasteiger partial charge < -0.3 is 15.0 Å². The van der Waals surface area contributed by atoms with Gasteiger partial charge in [-0.25, -0.2) is 4.79 Å². The van der Waals surface area contributed by atoms with Crippen LogP contribution >= 0.6 is 0 Å². The molecule has 0 radical (unpaired) electrons. The summed E-state index contributed by atoms with van der Waals surface area (Å²) in [4.78, 5) is 17.1. The minimum atomic E-state index is -0.411. The summed E-state index contributed by atoms with van der Waals surface area (Å²) in [5.74, 6) is 0. The number of nitrogens with zero attached hydrogens (tertiary/aromatic N) is 2. The first-order valence-electron chi connectivity index (χ1n) is 9.32. The molecule has 3 fully saturated rings. The Hall–Kier alpha value is -0.810. The molecule has 0 bridgehead atoms. The number of piperazine rings is 1. The van der Waals surface area contributed by atoms with Crippen molar-refractivity contribution in [2.45, 2.75) is 64.5 Å². The Morgan fingerprint density at radius 3 is 2.43 bits per heavy atom. The molecule has 1 saturated carbocycles. The summed E-state index contributed by atoms with van der Waals surface area (Å²) in [7, 11) is 0. The van der Waals surface area contributed by atoms with Crippen molar-refractivity contribution in [3.8, 4) is 0 Å². The molecule has 3 rings (SSSR count). The Morgan fingerprint density at radius 1 is 1.17 bits per heavy atom. The lowest BCUT2D eigenvalue weighted by molar-refractivity contribution is -0.107. The van der Waals surface area contributed by atoms with E-state index in [1.54, 1.807) is 0 Å². The third-order valence-corrected chi connectivity index (χ3v) is 5.69. The summed E-state index contributed by atoms with van der Waals surface area (Å²) in [6, 6.07) is 0.343. The second-order valence-electron chi connectivity index (χ2n) is 8.60. The molecule has 1 spiro atoms. The molecule has 2 heterocycles. The van der Waals surface area contributed by atoms with Crippen molar-refractivity contribution in [1.82, 2.24) is 15.1 Å². The zero-order chi connectivity index (χ0) is 16.5. The Balaban J connectivity index is 1.68. The number of ether oxygens (including phenoxy) is 1. The van der Waals surface area contributed by atoms with Gasteiger partial charge >= 0.3 is 6.09 Å². The lowest BCUT2D eigenvalue weighted by Crippen LogP contribution is -2.70. The summed E-state index contributed by atoms with van der Waals surface area (Å²) < 4.78 is 5.65. The van der Waals surface area contributed by atoms with Gasteiger partial charge in [0.15, 0.2) is 0 Å². The largest absolute Gasteiger partial charge is 0.444 e. The minimum Gasteiger partial charge on any atom is -0.444 e. The second-order valence-corrected chi connectivity index (χ2v) is 8.60. The van der Waals surface area contributed by atoms with Crippen molar-refractivity contribution >= 4 is 6.09 Å². The maximum absolute atomic E-state index is 12.6. The standard InChI is InChI=1S/C18H33N3O2/c1-17(2,3)23-16(22)21-14-18(7-5-4-6-8-18)15(21)13-20-11-9-19-10-12-20/h15,19H,4-14H2,1-3H3. The van der Waals surface area contributed by atoms with Crippen LogP contribution in [0.25, 0.3) is 0 Å². The number of carbonyl (C=O) groups is 1. The average molecular weight is 323 g/mol. The maximum atomic E-state index is 12.6. The molecule has 0 aromatic heterocycles. The van der Waals surface area contributed by atoms with Crippen molar-refractivity contribution in [3.05, 3.63) is 0 Å². The minimum absolute atomic E-state index is 0.117. The van der Waals surface area contributed by atoms with E-state index >= 15 is 0 Å². The number of amides is 1. The predicted octanol–water partition coefficient (Wildman–Crippen LogP) is 2.46. The van der Waals surface area contributed by atoms with Crippen LogP contribution in [0.5, 0.6) is 0 Å². The molecule has 1 aliphatic carbocycles. The van der Waals surface area contributed by atoms with E-state index in [-0.39, 0.29) is 6.09 Å². The molecule has 3 aliphatic rings. The van der Waals surface area contributed by atoms with Crippen molar-refractivity contribution < 1.29 is 9.53 Å². The van der Waals surface area contributed by atoms with Gasteiger partial charge in [-0.15, -0.1) is 0 Å². The number of hydrogen-bond acceptors (Lipinski definition) is 4. The van der Waals surface area contributed by atoms with Gasteiger partial charge in [-0.3, -0.25) is 4.90 Å². The normalized spacial score (nSPS) is 28.5. The van der Waals surface area contributed by atoms with Crippen LogP contribution in [0.1, 0.15) is 52.9 Å². The van der Waals surface area contributed by atoms with E-state index in [4.69, 9.17) is 4.74 Å². The van der Waals surface area contributed by atoms with Crippen LogP contribution in [0.4, 0.5) is 4.79 Å². The highest BCUT2D eigenvalue weighted by atomic mass is 16.6. The number of likely N-dealkylation sites (tertiary alicyclic amines) is 1. The molecule has 1 N–H and O–H groups in total. The van der Waals surface area contributed by atoms with Gasteiger partial charge in [0, 0.05) is 44.7 Å². The van der Waals surface area contributed by atoms with Gasteiger partial charge in [-0.1, -0.05) is 19.3 Å². The van der Waals surface area contributed by atoms with Crippen LogP contribution in [0, 0.1) is 5.41 Å². The van der Waals surface area contributed by atoms with E-state index in [0.717, 1.165) is 39.3 Å². The number of nitrogens with one attached hydrogen (secondary N) is 1. The topological polar surface area (TPSA) is 44.8 Å². The van der Waals surface area contributed by atoms with Gasteiger partial charge in [0.1, 0.15) is 5.60 Å². The van der Waals surface area contributed by atoms with Gasteiger partial charge in [0.25, 0.3) is 0 Å². The van der Waals surface area contributed by atoms with E-state index in [9.17, 15) is 4.79 Å². The fourth-order valence-electron chi connectivity index (χ4n) is 4.46. The molecule has 1 amide bonds. The molecule has 0 aromatic rings. The molecule has 1 atom stereocenters. The van der Waals surface area contributed by atoms with Crippen LogP contribution in [-0.2, 0) is 4.74 Å². The highest BCUT2D eigenvalue weighted by molar-refractivity contribution is 5.70. The molecule has 5 nitrogen and oxygen atoms in total. The first kappa shape index (κ1) is 17.0. The highest BCUT2D eigenvalue weighted by Gasteiger charge is 2.55. The fraction of sp³-hybridized carbons (Fsp3) is 0.944. The monoisotopic (exact) mass is 323 g/mol. The molecular formula is C18H33N3O2. The maximum Gasteiger partial charge on any atom is 0.410 e. The molecule has 0 aromatic carbocycles. The van der Waals surface area contributed by atoms with Crippen molar-refractivity contribution in [2.24, 2.45) is 5.41 Å². The molecule has 5 heteroatoms. The van der Waals surface area contributed by atoms with Crippen molar-refractivity contribution in [3.63, 3.8) is 0 Å². The number of hydrogen-bond donors (Lipinski definition) is 1. The second kappa shape index (κ2) is 6.60. The summed E-state index contributed by atoms with van der Waals surface area (Å²) >= 11 is 0. The number of carbonyl (C=O) groups excluding carboxylic acids is 1. The zero-order valence-corrected chi connectivity index (χ0v) is 15.1. The molecule has 132 valence electrons. The van der Waals surface area contributed by atoms with E-state index in [1.807, 2.05) is 25.7 Å². The van der Waals surface area contributed by atoms with Crippen LogP contribution in [0.3, 0.4) is 0 Å². The molecule has 2 aliphatic heterocycles. The molecule has 23 heavy (non-hydrogen) atoms. The highest BCUT2D eigenvalue weighted by Crippen LogP contribution is 2.49. The first-order chi connectivity index (χ1) is 10.9. The molecule has 2 saturated heterocycles.